The van der Waals surface area contributed by atoms with E-state index in [0.717, 1.165) is 15.5 Å². The topological polar surface area (TPSA) is 42.4 Å². The van der Waals surface area contributed by atoms with Crippen LogP contribution >= 0.6 is 11.8 Å². The second-order valence-corrected chi connectivity index (χ2v) is 4.96. The SMILES string of the molecule is COc1ccccc1Sc1ccc(C(C)O)nc1. The number of ether oxygens (including phenoxy) is 1. The molecule has 1 unspecified atom stereocenters. The lowest BCUT2D eigenvalue weighted by Gasteiger charge is -2.08. The van der Waals surface area contributed by atoms with Crippen molar-refractivity contribution in [3.63, 3.8) is 0 Å². The minimum Gasteiger partial charge on any atom is -0.496 e. The van der Waals surface area contributed by atoms with Crippen LogP contribution in [-0.4, -0.2) is 17.2 Å². The van der Waals surface area contributed by atoms with E-state index >= 15 is 0 Å². The largest absolute Gasteiger partial charge is 0.496 e. The van der Waals surface area contributed by atoms with Crippen LogP contribution in [0.3, 0.4) is 0 Å². The average Bonchev–Trinajstić information content (AvgIpc) is 2.40. The molecule has 1 heterocycles. The van der Waals surface area contributed by atoms with Crippen molar-refractivity contribution >= 4 is 11.8 Å². The van der Waals surface area contributed by atoms with Crippen molar-refractivity contribution in [2.45, 2.75) is 22.8 Å². The van der Waals surface area contributed by atoms with E-state index < -0.39 is 6.10 Å². The van der Waals surface area contributed by atoms with Crippen LogP contribution in [-0.2, 0) is 0 Å². The first-order chi connectivity index (χ1) is 8.70. The maximum Gasteiger partial charge on any atom is 0.132 e. The zero-order chi connectivity index (χ0) is 13.0. The van der Waals surface area contributed by atoms with Gasteiger partial charge in [-0.05, 0) is 31.2 Å². The Morgan fingerprint density at radius 3 is 2.61 bits per heavy atom. The molecule has 1 atom stereocenters. The van der Waals surface area contributed by atoms with Gasteiger partial charge in [-0.2, -0.15) is 0 Å². The fraction of sp³-hybridized carbons (Fsp3) is 0.214. The summed E-state index contributed by atoms with van der Waals surface area (Å²) in [6, 6.07) is 11.6. The molecule has 0 aliphatic rings. The highest BCUT2D eigenvalue weighted by atomic mass is 32.2. The van der Waals surface area contributed by atoms with Crippen LogP contribution in [0.2, 0.25) is 0 Å². The van der Waals surface area contributed by atoms with Crippen LogP contribution in [0, 0.1) is 0 Å². The highest BCUT2D eigenvalue weighted by molar-refractivity contribution is 7.99. The van der Waals surface area contributed by atoms with Crippen molar-refractivity contribution in [3.05, 3.63) is 48.3 Å². The minimum atomic E-state index is -0.532. The van der Waals surface area contributed by atoms with Crippen LogP contribution in [0.1, 0.15) is 18.7 Å². The van der Waals surface area contributed by atoms with Gasteiger partial charge in [0.2, 0.25) is 0 Å². The van der Waals surface area contributed by atoms with Crippen LogP contribution < -0.4 is 4.74 Å². The predicted octanol–water partition coefficient (Wildman–Crippen LogP) is 3.29. The third kappa shape index (κ3) is 3.03. The lowest BCUT2D eigenvalue weighted by atomic mass is 10.2. The van der Waals surface area contributed by atoms with Crippen LogP contribution in [0.15, 0.2) is 52.4 Å². The molecule has 0 aliphatic carbocycles. The van der Waals surface area contributed by atoms with E-state index in [0.29, 0.717) is 5.69 Å². The van der Waals surface area contributed by atoms with Crippen molar-refractivity contribution in [2.24, 2.45) is 0 Å². The summed E-state index contributed by atoms with van der Waals surface area (Å²) in [6.45, 7) is 1.70. The number of aromatic nitrogens is 1. The maximum absolute atomic E-state index is 9.40. The van der Waals surface area contributed by atoms with Crippen molar-refractivity contribution in [1.82, 2.24) is 4.98 Å². The van der Waals surface area contributed by atoms with Gasteiger partial charge in [-0.25, -0.2) is 0 Å². The summed E-state index contributed by atoms with van der Waals surface area (Å²) in [5.41, 5.74) is 0.680. The fourth-order valence-electron chi connectivity index (χ4n) is 1.53. The number of pyridine rings is 1. The maximum atomic E-state index is 9.40. The van der Waals surface area contributed by atoms with E-state index in [1.807, 2.05) is 36.4 Å². The number of nitrogens with zero attached hydrogens (tertiary/aromatic N) is 1. The second-order valence-electron chi connectivity index (χ2n) is 3.85. The molecule has 18 heavy (non-hydrogen) atoms. The number of hydrogen-bond acceptors (Lipinski definition) is 4. The Bertz CT molecular complexity index is 511. The number of rotatable bonds is 4. The van der Waals surface area contributed by atoms with Crippen molar-refractivity contribution in [1.29, 1.82) is 0 Å². The molecule has 0 bridgehead atoms. The molecule has 0 saturated carbocycles. The molecule has 0 aliphatic heterocycles. The molecule has 0 fully saturated rings. The third-order valence-electron chi connectivity index (χ3n) is 2.48. The molecular weight excluding hydrogens is 246 g/mol. The first kappa shape index (κ1) is 12.9. The number of para-hydroxylation sites is 1. The summed E-state index contributed by atoms with van der Waals surface area (Å²) in [6.07, 6.45) is 1.23. The molecule has 4 heteroatoms. The number of benzene rings is 1. The van der Waals surface area contributed by atoms with Gasteiger partial charge in [0.25, 0.3) is 0 Å². The van der Waals surface area contributed by atoms with Gasteiger partial charge in [-0.15, -0.1) is 0 Å². The Labute approximate surface area is 111 Å². The summed E-state index contributed by atoms with van der Waals surface area (Å²) in [5.74, 6) is 0.849. The Morgan fingerprint density at radius 2 is 2.00 bits per heavy atom. The van der Waals surface area contributed by atoms with Crippen LogP contribution in [0.25, 0.3) is 0 Å². The molecule has 3 nitrogen and oxygen atoms in total. The monoisotopic (exact) mass is 261 g/mol. The number of aliphatic hydroxyl groups is 1. The highest BCUT2D eigenvalue weighted by Gasteiger charge is 2.06. The summed E-state index contributed by atoms with van der Waals surface area (Å²) in [5, 5.41) is 9.40. The number of aliphatic hydroxyl groups excluding tert-OH is 1. The van der Waals surface area contributed by atoms with E-state index in [1.165, 1.54) is 0 Å². The Kier molecular flexibility index (Phi) is 4.23. The van der Waals surface area contributed by atoms with E-state index in [-0.39, 0.29) is 0 Å². The third-order valence-corrected chi connectivity index (χ3v) is 3.52. The molecule has 2 rings (SSSR count). The summed E-state index contributed by atoms with van der Waals surface area (Å²) >= 11 is 1.59. The second kappa shape index (κ2) is 5.89. The molecule has 0 radical (unpaired) electrons. The van der Waals surface area contributed by atoms with E-state index in [9.17, 15) is 5.11 Å². The molecule has 94 valence electrons. The van der Waals surface area contributed by atoms with E-state index in [1.54, 1.807) is 32.0 Å². The zero-order valence-electron chi connectivity index (χ0n) is 10.3. The standard InChI is InChI=1S/C14H15NO2S/c1-10(16)12-8-7-11(9-15-12)18-14-6-4-3-5-13(14)17-2/h3-10,16H,1-2H3. The Hall–Kier alpha value is -1.52. The molecule has 2 aromatic rings. The van der Waals surface area contributed by atoms with Gasteiger partial charge in [0.1, 0.15) is 5.75 Å². The average molecular weight is 261 g/mol. The summed E-state index contributed by atoms with van der Waals surface area (Å²) in [7, 11) is 1.66. The van der Waals surface area contributed by atoms with E-state index in [2.05, 4.69) is 4.98 Å². The number of methoxy groups -OCH3 is 1. The first-order valence-electron chi connectivity index (χ1n) is 5.65. The molecule has 1 aromatic carbocycles. The fourth-order valence-corrected chi connectivity index (χ4v) is 2.42. The molecular formula is C14H15NO2S. The van der Waals surface area contributed by atoms with Crippen molar-refractivity contribution < 1.29 is 9.84 Å². The molecule has 0 amide bonds. The molecule has 1 N–H and O–H groups in total. The van der Waals surface area contributed by atoms with Crippen molar-refractivity contribution in [2.75, 3.05) is 7.11 Å². The van der Waals surface area contributed by atoms with Crippen LogP contribution in [0.5, 0.6) is 5.75 Å². The lowest BCUT2D eigenvalue weighted by Crippen LogP contribution is -1.94. The minimum absolute atomic E-state index is 0.532. The zero-order valence-corrected chi connectivity index (χ0v) is 11.1. The normalized spacial score (nSPS) is 12.2. The van der Waals surface area contributed by atoms with Gasteiger partial charge in [0, 0.05) is 11.1 Å². The van der Waals surface area contributed by atoms with Gasteiger partial charge in [0.05, 0.1) is 23.8 Å². The van der Waals surface area contributed by atoms with E-state index in [4.69, 9.17) is 4.74 Å². The predicted molar refractivity (Wildman–Crippen MR) is 72.0 cm³/mol. The molecule has 1 aromatic heterocycles. The molecule has 0 saturated heterocycles. The van der Waals surface area contributed by atoms with Crippen molar-refractivity contribution in [3.8, 4) is 5.75 Å². The van der Waals surface area contributed by atoms with Crippen LogP contribution in [0.4, 0.5) is 0 Å². The smallest absolute Gasteiger partial charge is 0.132 e. The highest BCUT2D eigenvalue weighted by Crippen LogP contribution is 2.34. The molecule has 0 spiro atoms. The summed E-state index contributed by atoms with van der Waals surface area (Å²) in [4.78, 5) is 6.28. The first-order valence-corrected chi connectivity index (χ1v) is 6.47. The van der Waals surface area contributed by atoms with Gasteiger partial charge in [-0.3, -0.25) is 4.98 Å². The Balaban J connectivity index is 2.18. The summed E-state index contributed by atoms with van der Waals surface area (Å²) < 4.78 is 5.30. The Morgan fingerprint density at radius 1 is 1.22 bits per heavy atom. The van der Waals surface area contributed by atoms with Gasteiger partial charge in [0.15, 0.2) is 0 Å². The number of hydrogen-bond donors (Lipinski definition) is 1. The quantitative estimate of drug-likeness (QED) is 0.917. The van der Waals surface area contributed by atoms with Gasteiger partial charge >= 0.3 is 0 Å². The van der Waals surface area contributed by atoms with Gasteiger partial charge in [-0.1, -0.05) is 23.9 Å². The lowest BCUT2D eigenvalue weighted by molar-refractivity contribution is 0.194. The van der Waals surface area contributed by atoms with Gasteiger partial charge < -0.3 is 9.84 Å².